The lowest BCUT2D eigenvalue weighted by Gasteiger charge is -2.30. The van der Waals surface area contributed by atoms with E-state index in [1.54, 1.807) is 6.08 Å². The third-order valence-electron chi connectivity index (χ3n) is 3.23. The summed E-state index contributed by atoms with van der Waals surface area (Å²) in [5.41, 5.74) is 0.334. The van der Waals surface area contributed by atoms with E-state index in [0.717, 1.165) is 19.3 Å². The Labute approximate surface area is 79.5 Å². The molecule has 0 saturated carbocycles. The molecule has 0 aromatic heterocycles. The largest absolute Gasteiger partial charge is 0.295 e. The monoisotopic (exact) mass is 176 g/mol. The van der Waals surface area contributed by atoms with Crippen LogP contribution in [0.15, 0.2) is 24.3 Å². The average Bonchev–Trinajstić information content (AvgIpc) is 2.37. The molecule has 1 atom stereocenters. The highest BCUT2D eigenvalue weighted by Crippen LogP contribution is 2.40. The van der Waals surface area contributed by atoms with Gasteiger partial charge in [-0.05, 0) is 43.6 Å². The smallest absolute Gasteiger partial charge is 0.155 e. The number of carbonyl (C=O) groups excluding carboxylic acids is 1. The van der Waals surface area contributed by atoms with Gasteiger partial charge < -0.3 is 0 Å². The lowest BCUT2D eigenvalue weighted by molar-refractivity contribution is -0.115. The van der Waals surface area contributed by atoms with Crippen LogP contribution in [0.25, 0.3) is 0 Å². The van der Waals surface area contributed by atoms with Crippen LogP contribution in [0.4, 0.5) is 0 Å². The Morgan fingerprint density at radius 1 is 1.23 bits per heavy atom. The molecule has 2 rings (SSSR count). The molecule has 0 fully saturated rings. The summed E-state index contributed by atoms with van der Waals surface area (Å²) < 4.78 is 0. The van der Waals surface area contributed by atoms with Gasteiger partial charge in [0, 0.05) is 6.42 Å². The molecule has 0 bridgehead atoms. The summed E-state index contributed by atoms with van der Waals surface area (Å²) in [5, 5.41) is 0. The second-order valence-corrected chi connectivity index (χ2v) is 4.23. The molecule has 13 heavy (non-hydrogen) atoms. The Kier molecular flexibility index (Phi) is 2.34. The van der Waals surface area contributed by atoms with Gasteiger partial charge >= 0.3 is 0 Å². The zero-order valence-corrected chi connectivity index (χ0v) is 7.96. The van der Waals surface area contributed by atoms with Crippen LogP contribution in [-0.4, -0.2) is 5.78 Å². The summed E-state index contributed by atoms with van der Waals surface area (Å²) in [5.74, 6) is 0.304. The number of rotatable bonds is 0. The van der Waals surface area contributed by atoms with E-state index in [4.69, 9.17) is 0 Å². The van der Waals surface area contributed by atoms with Crippen molar-refractivity contribution in [1.82, 2.24) is 0 Å². The predicted molar refractivity (Wildman–Crippen MR) is 53.4 cm³/mol. The molecule has 2 aliphatic carbocycles. The highest BCUT2D eigenvalue weighted by atomic mass is 16.1. The lowest BCUT2D eigenvalue weighted by atomic mass is 9.73. The molecule has 1 spiro atoms. The summed E-state index contributed by atoms with van der Waals surface area (Å²) in [6.07, 6.45) is 15.2. The third kappa shape index (κ3) is 1.90. The Morgan fingerprint density at radius 3 is 2.92 bits per heavy atom. The molecule has 0 aromatic rings. The van der Waals surface area contributed by atoms with Gasteiger partial charge in [-0.1, -0.05) is 18.2 Å². The van der Waals surface area contributed by atoms with Gasteiger partial charge in [-0.2, -0.15) is 0 Å². The first-order valence-corrected chi connectivity index (χ1v) is 5.18. The Hall–Kier alpha value is -0.850. The van der Waals surface area contributed by atoms with Gasteiger partial charge in [-0.15, -0.1) is 0 Å². The van der Waals surface area contributed by atoms with Crippen molar-refractivity contribution >= 4 is 5.78 Å². The first kappa shape index (κ1) is 8.74. The van der Waals surface area contributed by atoms with Crippen molar-refractivity contribution in [3.8, 4) is 0 Å². The van der Waals surface area contributed by atoms with E-state index in [0.29, 0.717) is 11.2 Å². The second kappa shape index (κ2) is 3.49. The average molecular weight is 176 g/mol. The molecule has 2 aliphatic rings. The number of allylic oxidation sites excluding steroid dienone is 4. The minimum absolute atomic E-state index is 0.304. The predicted octanol–water partition coefficient (Wildman–Crippen LogP) is 3.02. The normalized spacial score (nSPS) is 33.7. The van der Waals surface area contributed by atoms with Gasteiger partial charge in [-0.25, -0.2) is 0 Å². The van der Waals surface area contributed by atoms with Crippen LogP contribution in [0, 0.1) is 5.41 Å². The third-order valence-corrected chi connectivity index (χ3v) is 3.23. The van der Waals surface area contributed by atoms with Gasteiger partial charge in [0.25, 0.3) is 0 Å². The first-order chi connectivity index (χ1) is 6.31. The lowest BCUT2D eigenvalue weighted by Crippen LogP contribution is -2.21. The summed E-state index contributed by atoms with van der Waals surface area (Å²) in [7, 11) is 0. The molecule has 0 aliphatic heterocycles. The van der Waals surface area contributed by atoms with Crippen LogP contribution in [0.2, 0.25) is 0 Å². The van der Waals surface area contributed by atoms with Crippen LogP contribution in [-0.2, 0) is 4.79 Å². The molecule has 0 radical (unpaired) electrons. The zero-order chi connectivity index (χ0) is 9.15. The van der Waals surface area contributed by atoms with Gasteiger partial charge in [-0.3, -0.25) is 4.79 Å². The number of carbonyl (C=O) groups is 1. The fraction of sp³-hybridized carbons (Fsp3) is 0.583. The highest BCUT2D eigenvalue weighted by Gasteiger charge is 2.29. The standard InChI is InChI=1S/C12H16O/c13-11-5-9-12(10-6-11)7-3-1-2-4-8-12/h1,3,5,9H,2,4,6-8,10H2/t12-/m1/s1. The van der Waals surface area contributed by atoms with E-state index < -0.39 is 0 Å². The molecule has 0 heterocycles. The van der Waals surface area contributed by atoms with Gasteiger partial charge in [0.15, 0.2) is 5.78 Å². The summed E-state index contributed by atoms with van der Waals surface area (Å²) in [6, 6.07) is 0. The van der Waals surface area contributed by atoms with Gasteiger partial charge in [0.2, 0.25) is 0 Å². The molecular formula is C12H16O. The topological polar surface area (TPSA) is 17.1 Å². The molecule has 1 heteroatoms. The number of ketones is 1. The van der Waals surface area contributed by atoms with Gasteiger partial charge in [0.05, 0.1) is 0 Å². The van der Waals surface area contributed by atoms with E-state index in [2.05, 4.69) is 18.2 Å². The van der Waals surface area contributed by atoms with Crippen molar-refractivity contribution in [2.75, 3.05) is 0 Å². The van der Waals surface area contributed by atoms with Crippen molar-refractivity contribution < 1.29 is 4.79 Å². The van der Waals surface area contributed by atoms with Crippen LogP contribution in [0.5, 0.6) is 0 Å². The quantitative estimate of drug-likeness (QED) is 0.518. The molecule has 0 unspecified atom stereocenters. The van der Waals surface area contributed by atoms with Crippen molar-refractivity contribution in [2.45, 2.75) is 38.5 Å². The zero-order valence-electron chi connectivity index (χ0n) is 7.96. The van der Waals surface area contributed by atoms with Crippen molar-refractivity contribution in [2.24, 2.45) is 5.41 Å². The summed E-state index contributed by atoms with van der Waals surface area (Å²) in [4.78, 5) is 11.1. The van der Waals surface area contributed by atoms with Crippen molar-refractivity contribution in [3.05, 3.63) is 24.3 Å². The Bertz CT molecular complexity index is 262. The molecular weight excluding hydrogens is 160 g/mol. The van der Waals surface area contributed by atoms with E-state index in [1.165, 1.54) is 19.3 Å². The van der Waals surface area contributed by atoms with Crippen molar-refractivity contribution in [3.63, 3.8) is 0 Å². The molecule has 70 valence electrons. The first-order valence-electron chi connectivity index (χ1n) is 5.18. The molecule has 0 aromatic carbocycles. The number of hydrogen-bond donors (Lipinski definition) is 0. The van der Waals surface area contributed by atoms with Gasteiger partial charge in [0.1, 0.15) is 0 Å². The second-order valence-electron chi connectivity index (χ2n) is 4.23. The Morgan fingerprint density at radius 2 is 2.15 bits per heavy atom. The molecule has 0 amide bonds. The van der Waals surface area contributed by atoms with Crippen LogP contribution in [0.1, 0.15) is 38.5 Å². The fourth-order valence-electron chi connectivity index (χ4n) is 2.30. The highest BCUT2D eigenvalue weighted by molar-refractivity contribution is 5.90. The van der Waals surface area contributed by atoms with E-state index in [1.807, 2.05) is 0 Å². The SMILES string of the molecule is O=C1C=C[C@]2(CC=CCCC2)CC1. The minimum Gasteiger partial charge on any atom is -0.295 e. The number of hydrogen-bond acceptors (Lipinski definition) is 1. The minimum atomic E-state index is 0.304. The maximum absolute atomic E-state index is 11.1. The fourth-order valence-corrected chi connectivity index (χ4v) is 2.30. The molecule has 0 N–H and O–H groups in total. The van der Waals surface area contributed by atoms with Crippen LogP contribution >= 0.6 is 0 Å². The van der Waals surface area contributed by atoms with Crippen molar-refractivity contribution in [1.29, 1.82) is 0 Å². The molecule has 1 nitrogen and oxygen atoms in total. The van der Waals surface area contributed by atoms with E-state index in [-0.39, 0.29) is 0 Å². The maximum atomic E-state index is 11.1. The van der Waals surface area contributed by atoms with E-state index in [9.17, 15) is 4.79 Å². The summed E-state index contributed by atoms with van der Waals surface area (Å²) >= 11 is 0. The van der Waals surface area contributed by atoms with Crippen LogP contribution < -0.4 is 0 Å². The summed E-state index contributed by atoms with van der Waals surface area (Å²) in [6.45, 7) is 0. The molecule has 0 saturated heterocycles. The van der Waals surface area contributed by atoms with E-state index >= 15 is 0 Å². The van der Waals surface area contributed by atoms with Crippen LogP contribution in [0.3, 0.4) is 0 Å². The maximum Gasteiger partial charge on any atom is 0.155 e. The Balaban J connectivity index is 2.15.